The fourth-order valence-corrected chi connectivity index (χ4v) is 1.22. The Kier molecular flexibility index (Phi) is 2.67. The number of rotatable bonds is 0. The lowest BCUT2D eigenvalue weighted by molar-refractivity contribution is 0.314. The molecule has 0 unspecified atom stereocenters. The molecule has 3 N–H and O–H groups in total. The average Bonchev–Trinajstić information content (AvgIpc) is 2.06. The maximum absolute atomic E-state index is 5.79. The highest BCUT2D eigenvalue weighted by Gasteiger charge is 2.39. The molecule has 0 atom stereocenters. The van der Waals surface area contributed by atoms with Gasteiger partial charge in [0.15, 0.2) is 5.96 Å². The summed E-state index contributed by atoms with van der Waals surface area (Å²) >= 11 is 0. The molecule has 0 aliphatic carbocycles. The number of nitrogens with two attached hydrogens (primary N) is 1. The average molecular weight is 211 g/mol. The molecule has 0 aromatic heterocycles. The fourth-order valence-electron chi connectivity index (χ4n) is 1.22. The zero-order valence-corrected chi connectivity index (χ0v) is 10.4. The van der Waals surface area contributed by atoms with E-state index in [2.05, 4.69) is 29.1 Å². The molecule has 1 aliphatic heterocycles. The summed E-state index contributed by atoms with van der Waals surface area (Å²) in [5, 5.41) is 2.99. The highest BCUT2D eigenvalue weighted by atomic mass is 15.3. The van der Waals surface area contributed by atoms with Gasteiger partial charge in [0.25, 0.3) is 0 Å². The smallest absolute Gasteiger partial charge is 0.200 e. The molecule has 1 rings (SSSR count). The van der Waals surface area contributed by atoms with Crippen molar-refractivity contribution in [3.05, 3.63) is 0 Å². The number of guanidine groups is 2. The number of nitrogens with one attached hydrogen (secondary N) is 1. The van der Waals surface area contributed by atoms with Crippen LogP contribution in [0, 0.1) is 0 Å². The first-order valence-corrected chi connectivity index (χ1v) is 5.05. The number of hydrogen-bond acceptors (Lipinski definition) is 5. The van der Waals surface area contributed by atoms with E-state index in [1.165, 1.54) is 0 Å². The van der Waals surface area contributed by atoms with Crippen molar-refractivity contribution in [2.45, 2.75) is 38.8 Å². The third kappa shape index (κ3) is 2.22. The second-order valence-electron chi connectivity index (χ2n) is 5.07. The molecule has 0 spiro atoms. The van der Waals surface area contributed by atoms with Crippen molar-refractivity contribution < 1.29 is 0 Å². The Morgan fingerprint density at radius 3 is 2.00 bits per heavy atom. The first-order chi connectivity index (χ1) is 6.66. The monoisotopic (exact) mass is 211 g/mol. The number of aliphatic imine (C=N–C) groups is 2. The summed E-state index contributed by atoms with van der Waals surface area (Å²) in [5.41, 5.74) is 5.18. The molecular formula is C10H21N5. The van der Waals surface area contributed by atoms with Gasteiger partial charge in [-0.3, -0.25) is 5.32 Å². The topological polar surface area (TPSA) is 66.0 Å². The van der Waals surface area contributed by atoms with Gasteiger partial charge in [-0.1, -0.05) is 0 Å². The Balaban J connectivity index is 3.21. The quantitative estimate of drug-likeness (QED) is 0.609. The van der Waals surface area contributed by atoms with Gasteiger partial charge in [0.1, 0.15) is 0 Å². The van der Waals surface area contributed by atoms with Crippen LogP contribution in [0.25, 0.3) is 0 Å². The molecule has 1 heterocycles. The van der Waals surface area contributed by atoms with E-state index in [1.807, 2.05) is 32.8 Å². The fraction of sp³-hybridized carbons (Fsp3) is 0.800. The molecule has 0 aromatic carbocycles. The minimum Gasteiger partial charge on any atom is -0.370 e. The molecule has 0 saturated carbocycles. The van der Waals surface area contributed by atoms with E-state index in [-0.39, 0.29) is 11.1 Å². The van der Waals surface area contributed by atoms with Gasteiger partial charge < -0.3 is 10.6 Å². The first kappa shape index (κ1) is 11.8. The van der Waals surface area contributed by atoms with E-state index in [1.54, 1.807) is 0 Å². The van der Waals surface area contributed by atoms with Crippen LogP contribution < -0.4 is 11.1 Å². The van der Waals surface area contributed by atoms with Gasteiger partial charge >= 0.3 is 0 Å². The van der Waals surface area contributed by atoms with Crippen LogP contribution in [-0.2, 0) is 0 Å². The molecule has 0 fully saturated rings. The summed E-state index contributed by atoms with van der Waals surface area (Å²) in [6.45, 7) is 8.17. The van der Waals surface area contributed by atoms with Gasteiger partial charge in [-0.25, -0.2) is 9.98 Å². The van der Waals surface area contributed by atoms with Gasteiger partial charge in [0.2, 0.25) is 5.96 Å². The third-order valence-corrected chi connectivity index (χ3v) is 2.95. The summed E-state index contributed by atoms with van der Waals surface area (Å²) in [5.74, 6) is 1.16. The van der Waals surface area contributed by atoms with Crippen LogP contribution in [0.4, 0.5) is 0 Å². The zero-order chi connectivity index (χ0) is 11.9. The first-order valence-electron chi connectivity index (χ1n) is 5.05. The van der Waals surface area contributed by atoms with Crippen molar-refractivity contribution in [3.8, 4) is 0 Å². The molecule has 0 amide bonds. The van der Waals surface area contributed by atoms with E-state index < -0.39 is 0 Å². The highest BCUT2D eigenvalue weighted by molar-refractivity contribution is 5.98. The molecule has 86 valence electrons. The summed E-state index contributed by atoms with van der Waals surface area (Å²) in [4.78, 5) is 11.0. The lowest BCUT2D eigenvalue weighted by Crippen LogP contribution is -2.44. The Morgan fingerprint density at radius 1 is 1.07 bits per heavy atom. The van der Waals surface area contributed by atoms with Crippen molar-refractivity contribution in [1.29, 1.82) is 0 Å². The lowest BCUT2D eigenvalue weighted by Gasteiger charge is -2.34. The predicted molar refractivity (Wildman–Crippen MR) is 64.0 cm³/mol. The van der Waals surface area contributed by atoms with Crippen LogP contribution >= 0.6 is 0 Å². The van der Waals surface area contributed by atoms with Crippen LogP contribution in [0.1, 0.15) is 27.7 Å². The van der Waals surface area contributed by atoms with Crippen molar-refractivity contribution in [1.82, 2.24) is 10.2 Å². The Labute approximate surface area is 91.5 Å². The second kappa shape index (κ2) is 3.40. The SMILES string of the molecule is CN(C)C1=NC(C)(C)C(C)(C)N=C(N)N1. The Bertz CT molecular complexity index is 312. The van der Waals surface area contributed by atoms with Gasteiger partial charge in [0.05, 0.1) is 11.1 Å². The van der Waals surface area contributed by atoms with Gasteiger partial charge in [-0.15, -0.1) is 0 Å². The third-order valence-electron chi connectivity index (χ3n) is 2.95. The molecule has 5 heteroatoms. The van der Waals surface area contributed by atoms with E-state index in [0.717, 1.165) is 5.96 Å². The normalized spacial score (nSPS) is 23.3. The molecule has 15 heavy (non-hydrogen) atoms. The van der Waals surface area contributed by atoms with Crippen LogP contribution in [0.3, 0.4) is 0 Å². The molecule has 5 nitrogen and oxygen atoms in total. The van der Waals surface area contributed by atoms with E-state index in [0.29, 0.717) is 5.96 Å². The summed E-state index contributed by atoms with van der Waals surface area (Å²) in [7, 11) is 3.85. The van der Waals surface area contributed by atoms with Crippen LogP contribution in [0.15, 0.2) is 9.98 Å². The summed E-state index contributed by atoms with van der Waals surface area (Å²) in [6, 6.07) is 0. The van der Waals surface area contributed by atoms with Gasteiger partial charge in [-0.2, -0.15) is 0 Å². The molecule has 0 aromatic rings. The molecule has 0 saturated heterocycles. The minimum absolute atomic E-state index is 0.291. The van der Waals surface area contributed by atoms with Gasteiger partial charge in [0, 0.05) is 14.1 Å². The van der Waals surface area contributed by atoms with Gasteiger partial charge in [-0.05, 0) is 27.7 Å². The highest BCUT2D eigenvalue weighted by Crippen LogP contribution is 2.30. The zero-order valence-electron chi connectivity index (χ0n) is 10.4. The summed E-state index contributed by atoms with van der Waals surface area (Å²) < 4.78 is 0. The van der Waals surface area contributed by atoms with Crippen molar-refractivity contribution >= 4 is 11.9 Å². The minimum atomic E-state index is -0.318. The molecular weight excluding hydrogens is 190 g/mol. The maximum Gasteiger partial charge on any atom is 0.200 e. The Hall–Kier alpha value is -1.26. The van der Waals surface area contributed by atoms with Crippen LogP contribution in [0.5, 0.6) is 0 Å². The predicted octanol–water partition coefficient (Wildman–Crippen LogP) is 0.379. The Morgan fingerprint density at radius 2 is 1.53 bits per heavy atom. The van der Waals surface area contributed by atoms with E-state index >= 15 is 0 Å². The largest absolute Gasteiger partial charge is 0.370 e. The summed E-state index contributed by atoms with van der Waals surface area (Å²) in [6.07, 6.45) is 0. The van der Waals surface area contributed by atoms with Crippen LogP contribution in [0.2, 0.25) is 0 Å². The van der Waals surface area contributed by atoms with E-state index in [4.69, 9.17) is 5.73 Å². The number of hydrogen-bond donors (Lipinski definition) is 2. The second-order valence-corrected chi connectivity index (χ2v) is 5.07. The maximum atomic E-state index is 5.79. The van der Waals surface area contributed by atoms with Crippen molar-refractivity contribution in [3.63, 3.8) is 0 Å². The number of nitrogens with zero attached hydrogens (tertiary/aromatic N) is 3. The lowest BCUT2D eigenvalue weighted by atomic mass is 9.84. The van der Waals surface area contributed by atoms with E-state index in [9.17, 15) is 0 Å². The van der Waals surface area contributed by atoms with Crippen LogP contribution in [-0.4, -0.2) is 42.0 Å². The molecule has 0 bridgehead atoms. The molecule has 0 radical (unpaired) electrons. The standard InChI is InChI=1S/C10H21N5/c1-9(2)10(3,4)14-8(15(5)6)12-7(11)13-9/h1-6H3,(H3,11,12,13,14). The van der Waals surface area contributed by atoms with Crippen molar-refractivity contribution in [2.24, 2.45) is 15.7 Å². The van der Waals surface area contributed by atoms with Crippen molar-refractivity contribution in [2.75, 3.05) is 14.1 Å². The molecule has 1 aliphatic rings.